The molecule has 3 nitrogen and oxygen atoms in total. The fourth-order valence-corrected chi connectivity index (χ4v) is 0.990. The molecule has 1 heterocycles. The molecule has 1 N–H and O–H groups in total. The first kappa shape index (κ1) is 9.53. The summed E-state index contributed by atoms with van der Waals surface area (Å²) in [6, 6.07) is 1.80. The van der Waals surface area contributed by atoms with Gasteiger partial charge in [-0.2, -0.15) is 0 Å². The Labute approximate surface area is 78.6 Å². The van der Waals surface area contributed by atoms with Crippen molar-refractivity contribution in [2.24, 2.45) is 0 Å². The van der Waals surface area contributed by atoms with Crippen LogP contribution in [0.4, 0.5) is 11.4 Å². The van der Waals surface area contributed by atoms with Crippen molar-refractivity contribution < 1.29 is 0 Å². The molecule has 0 saturated heterocycles. The van der Waals surface area contributed by atoms with E-state index in [9.17, 15) is 0 Å². The van der Waals surface area contributed by atoms with Gasteiger partial charge in [-0.1, -0.05) is 0 Å². The van der Waals surface area contributed by atoms with Gasteiger partial charge in [0, 0.05) is 23.6 Å². The third kappa shape index (κ3) is 3.12. The quantitative estimate of drug-likeness (QED) is 0.665. The van der Waals surface area contributed by atoms with E-state index >= 15 is 0 Å². The summed E-state index contributed by atoms with van der Waals surface area (Å²) in [4.78, 5) is 7.27. The first-order chi connectivity index (χ1) is 6.01. The van der Waals surface area contributed by atoms with Crippen LogP contribution >= 0.6 is 0 Å². The summed E-state index contributed by atoms with van der Waals surface area (Å²) in [7, 11) is 0. The van der Waals surface area contributed by atoms with E-state index in [1.165, 1.54) is 0 Å². The molecular weight excluding hydrogens is 162 g/mol. The number of hydrogen-bond donors (Lipinski definition) is 1. The Balaban J connectivity index is 2.86. The highest BCUT2D eigenvalue weighted by Crippen LogP contribution is 2.18. The number of rotatable bonds is 1. The molecule has 0 saturated carbocycles. The van der Waals surface area contributed by atoms with Crippen molar-refractivity contribution in [3.8, 4) is 0 Å². The molecule has 0 amide bonds. The Morgan fingerprint density at radius 3 is 2.62 bits per heavy atom. The normalized spacial score (nSPS) is 10.6. The van der Waals surface area contributed by atoms with Crippen LogP contribution in [-0.2, 0) is 0 Å². The maximum Gasteiger partial charge on any atom is 0.207 e. The molecule has 1 aromatic rings. The van der Waals surface area contributed by atoms with Gasteiger partial charge in [0.1, 0.15) is 0 Å². The zero-order valence-electron chi connectivity index (χ0n) is 8.13. The molecule has 3 heteroatoms. The lowest BCUT2D eigenvalue weighted by Crippen LogP contribution is -2.25. The average Bonchev–Trinajstić information content (AvgIpc) is 2.01. The minimum atomic E-state index is 0.00231. The molecule has 0 bridgehead atoms. The predicted molar refractivity (Wildman–Crippen MR) is 53.9 cm³/mol. The second-order valence-corrected chi connectivity index (χ2v) is 3.92. The molecule has 0 aromatic carbocycles. The Morgan fingerprint density at radius 2 is 2.08 bits per heavy atom. The predicted octanol–water partition coefficient (Wildman–Crippen LogP) is 2.84. The second kappa shape index (κ2) is 3.44. The molecule has 0 spiro atoms. The number of anilines is 1. The number of hydrogen-bond acceptors (Lipinski definition) is 2. The Morgan fingerprint density at radius 1 is 1.38 bits per heavy atom. The largest absolute Gasteiger partial charge is 0.380 e. The zero-order valence-corrected chi connectivity index (χ0v) is 8.13. The summed E-state index contributed by atoms with van der Waals surface area (Å²) in [5.74, 6) is 0. The van der Waals surface area contributed by atoms with E-state index in [2.05, 4.69) is 35.9 Å². The molecule has 13 heavy (non-hydrogen) atoms. The van der Waals surface area contributed by atoms with Crippen LogP contribution < -0.4 is 5.32 Å². The number of nitrogens with one attached hydrogen (secondary N) is 1. The Hall–Kier alpha value is -1.56. The molecule has 0 atom stereocenters. The number of pyridine rings is 1. The van der Waals surface area contributed by atoms with E-state index in [0.717, 1.165) is 5.69 Å². The summed E-state index contributed by atoms with van der Waals surface area (Å²) in [6.45, 7) is 13.0. The Kier molecular flexibility index (Phi) is 2.52. The maximum atomic E-state index is 6.83. The molecule has 0 aliphatic rings. The monoisotopic (exact) mass is 175 g/mol. The van der Waals surface area contributed by atoms with Crippen LogP contribution in [0.5, 0.6) is 0 Å². The van der Waals surface area contributed by atoms with Crippen LogP contribution in [0.2, 0.25) is 0 Å². The lowest BCUT2D eigenvalue weighted by molar-refractivity contribution is 0.633. The van der Waals surface area contributed by atoms with Crippen molar-refractivity contribution in [3.05, 3.63) is 29.9 Å². The van der Waals surface area contributed by atoms with E-state index in [0.29, 0.717) is 5.69 Å². The number of aromatic nitrogens is 1. The van der Waals surface area contributed by atoms with Crippen LogP contribution in [0.25, 0.3) is 4.85 Å². The zero-order chi connectivity index (χ0) is 9.90. The van der Waals surface area contributed by atoms with Crippen molar-refractivity contribution in [1.82, 2.24) is 4.98 Å². The van der Waals surface area contributed by atoms with Crippen LogP contribution in [0.1, 0.15) is 20.8 Å². The van der Waals surface area contributed by atoms with Gasteiger partial charge in [-0.3, -0.25) is 4.98 Å². The molecule has 0 radical (unpaired) electrons. The van der Waals surface area contributed by atoms with Gasteiger partial charge in [0.05, 0.1) is 6.57 Å². The molecule has 0 unspecified atom stereocenters. The third-order valence-electron chi connectivity index (χ3n) is 1.37. The summed E-state index contributed by atoms with van der Waals surface area (Å²) in [6.07, 6.45) is 3.28. The molecule has 0 fully saturated rings. The summed E-state index contributed by atoms with van der Waals surface area (Å²) in [5.41, 5.74) is 1.46. The summed E-state index contributed by atoms with van der Waals surface area (Å²) >= 11 is 0. The van der Waals surface area contributed by atoms with E-state index in [1.807, 2.05) is 0 Å². The van der Waals surface area contributed by atoms with Gasteiger partial charge < -0.3 is 5.32 Å². The topological polar surface area (TPSA) is 29.3 Å². The smallest absolute Gasteiger partial charge is 0.207 e. The highest BCUT2D eigenvalue weighted by molar-refractivity contribution is 5.55. The second-order valence-electron chi connectivity index (χ2n) is 3.92. The van der Waals surface area contributed by atoms with Crippen LogP contribution in [0.15, 0.2) is 18.5 Å². The lowest BCUT2D eigenvalue weighted by atomic mass is 10.1. The van der Waals surface area contributed by atoms with Crippen LogP contribution in [0.3, 0.4) is 0 Å². The molecule has 1 rings (SSSR count). The van der Waals surface area contributed by atoms with E-state index in [1.54, 1.807) is 18.5 Å². The highest BCUT2D eigenvalue weighted by Gasteiger charge is 2.09. The average molecular weight is 175 g/mol. The van der Waals surface area contributed by atoms with Crippen LogP contribution in [-0.4, -0.2) is 10.5 Å². The van der Waals surface area contributed by atoms with Gasteiger partial charge in [-0.05, 0) is 26.8 Å². The van der Waals surface area contributed by atoms with Crippen molar-refractivity contribution >= 4 is 11.4 Å². The van der Waals surface area contributed by atoms with E-state index in [-0.39, 0.29) is 5.54 Å². The molecule has 68 valence electrons. The summed E-state index contributed by atoms with van der Waals surface area (Å²) < 4.78 is 0. The van der Waals surface area contributed by atoms with Gasteiger partial charge in [-0.25, -0.2) is 4.85 Å². The van der Waals surface area contributed by atoms with E-state index < -0.39 is 0 Å². The fraction of sp³-hybridized carbons (Fsp3) is 0.400. The summed E-state index contributed by atoms with van der Waals surface area (Å²) in [5, 5.41) is 3.25. The van der Waals surface area contributed by atoms with Gasteiger partial charge in [0.25, 0.3) is 0 Å². The van der Waals surface area contributed by atoms with Crippen molar-refractivity contribution in [2.75, 3.05) is 5.32 Å². The minimum Gasteiger partial charge on any atom is -0.380 e. The first-order valence-electron chi connectivity index (χ1n) is 4.12. The van der Waals surface area contributed by atoms with Gasteiger partial charge in [0.2, 0.25) is 5.69 Å². The maximum absolute atomic E-state index is 6.83. The van der Waals surface area contributed by atoms with Gasteiger partial charge >= 0.3 is 0 Å². The molecular formula is C10H13N3. The SMILES string of the molecule is [C-]#[N+]c1cncc(NC(C)(C)C)c1. The fourth-order valence-electron chi connectivity index (χ4n) is 0.990. The standard InChI is InChI=1S/C10H13N3/c1-10(2,3)13-9-5-8(11-4)6-12-7-9/h5-7,13H,1-3H3. The van der Waals surface area contributed by atoms with Gasteiger partial charge in [-0.15, -0.1) is 0 Å². The third-order valence-corrected chi connectivity index (χ3v) is 1.37. The number of nitrogens with zero attached hydrogens (tertiary/aromatic N) is 2. The van der Waals surface area contributed by atoms with Crippen molar-refractivity contribution in [3.63, 3.8) is 0 Å². The van der Waals surface area contributed by atoms with Crippen LogP contribution in [0, 0.1) is 6.57 Å². The Bertz CT molecular complexity index is 331. The van der Waals surface area contributed by atoms with E-state index in [4.69, 9.17) is 6.57 Å². The molecule has 0 aliphatic carbocycles. The van der Waals surface area contributed by atoms with Crippen molar-refractivity contribution in [2.45, 2.75) is 26.3 Å². The van der Waals surface area contributed by atoms with Gasteiger partial charge in [0.15, 0.2) is 0 Å². The molecule has 0 aliphatic heterocycles. The molecule has 1 aromatic heterocycles. The minimum absolute atomic E-state index is 0.00231. The van der Waals surface area contributed by atoms with Crippen molar-refractivity contribution in [1.29, 1.82) is 0 Å². The lowest BCUT2D eigenvalue weighted by Gasteiger charge is -2.21. The highest BCUT2D eigenvalue weighted by atomic mass is 15.0. The first-order valence-corrected chi connectivity index (χ1v) is 4.12.